The lowest BCUT2D eigenvalue weighted by Crippen LogP contribution is -2.22. The van der Waals surface area contributed by atoms with Crippen LogP contribution in [0.3, 0.4) is 0 Å². The monoisotopic (exact) mass is 428 g/mol. The Hall–Kier alpha value is -3.66. The van der Waals surface area contributed by atoms with Gasteiger partial charge >= 0.3 is 0 Å². The van der Waals surface area contributed by atoms with Gasteiger partial charge in [-0.2, -0.15) is 0 Å². The van der Waals surface area contributed by atoms with E-state index in [4.69, 9.17) is 9.47 Å². The van der Waals surface area contributed by atoms with Crippen LogP contribution in [0.1, 0.15) is 22.5 Å². The van der Waals surface area contributed by atoms with Crippen LogP contribution in [0.2, 0.25) is 0 Å². The van der Waals surface area contributed by atoms with E-state index in [0.717, 1.165) is 0 Å². The number of aromatic amines is 1. The minimum atomic E-state index is -0.538. The van der Waals surface area contributed by atoms with E-state index in [0.29, 0.717) is 34.4 Å². The van der Waals surface area contributed by atoms with E-state index < -0.39 is 11.5 Å². The predicted molar refractivity (Wildman–Crippen MR) is 114 cm³/mol. The van der Waals surface area contributed by atoms with Gasteiger partial charge in [0.05, 0.1) is 19.9 Å². The molecule has 0 atom stereocenters. The zero-order valence-electron chi connectivity index (χ0n) is 16.4. The SMILES string of the molecule is COc1ccc(NC(=O)CCc2csc(NC(=O)c3ccc[nH]c3=O)n2)cc1OC. The van der Waals surface area contributed by atoms with Crippen LogP contribution in [0.5, 0.6) is 11.5 Å². The molecule has 0 aliphatic heterocycles. The van der Waals surface area contributed by atoms with Gasteiger partial charge in [-0.25, -0.2) is 4.98 Å². The van der Waals surface area contributed by atoms with Gasteiger partial charge in [0.1, 0.15) is 5.56 Å². The number of anilines is 2. The first kappa shape index (κ1) is 21.1. The van der Waals surface area contributed by atoms with Crippen LogP contribution in [0.25, 0.3) is 0 Å². The number of carbonyl (C=O) groups excluding carboxylic acids is 2. The third kappa shape index (κ3) is 5.23. The highest BCUT2D eigenvalue weighted by Gasteiger charge is 2.13. The number of carbonyl (C=O) groups is 2. The number of pyridine rings is 1. The molecule has 2 amide bonds. The van der Waals surface area contributed by atoms with Gasteiger partial charge in [-0.3, -0.25) is 19.7 Å². The number of H-pyrrole nitrogens is 1. The lowest BCUT2D eigenvalue weighted by atomic mass is 10.2. The van der Waals surface area contributed by atoms with E-state index >= 15 is 0 Å². The van der Waals surface area contributed by atoms with Gasteiger partial charge in [-0.05, 0) is 30.7 Å². The second kappa shape index (κ2) is 9.70. The van der Waals surface area contributed by atoms with Gasteiger partial charge in [0, 0.05) is 29.8 Å². The van der Waals surface area contributed by atoms with Crippen molar-refractivity contribution in [3.63, 3.8) is 0 Å². The smallest absolute Gasteiger partial charge is 0.263 e. The van der Waals surface area contributed by atoms with Crippen molar-refractivity contribution in [3.8, 4) is 11.5 Å². The first-order valence-corrected chi connectivity index (χ1v) is 9.83. The summed E-state index contributed by atoms with van der Waals surface area (Å²) in [6.07, 6.45) is 2.06. The number of methoxy groups -OCH3 is 2. The van der Waals surface area contributed by atoms with Crippen LogP contribution < -0.4 is 25.7 Å². The summed E-state index contributed by atoms with van der Waals surface area (Å²) < 4.78 is 10.4. The van der Waals surface area contributed by atoms with E-state index in [1.165, 1.54) is 30.7 Å². The molecule has 1 aromatic carbocycles. The van der Waals surface area contributed by atoms with E-state index in [1.807, 2.05) is 0 Å². The van der Waals surface area contributed by atoms with Crippen LogP contribution in [0, 0.1) is 0 Å². The highest BCUT2D eigenvalue weighted by Crippen LogP contribution is 2.29. The molecular weight excluding hydrogens is 408 g/mol. The predicted octanol–water partition coefficient (Wildman–Crippen LogP) is 2.67. The normalized spacial score (nSPS) is 10.3. The molecule has 2 aromatic heterocycles. The molecular formula is C20H20N4O5S. The molecule has 30 heavy (non-hydrogen) atoms. The maximum atomic E-state index is 12.2. The van der Waals surface area contributed by atoms with Gasteiger partial charge in [-0.15, -0.1) is 11.3 Å². The Morgan fingerprint density at radius 3 is 2.67 bits per heavy atom. The lowest BCUT2D eigenvalue weighted by Gasteiger charge is -2.10. The second-order valence-electron chi connectivity index (χ2n) is 6.13. The summed E-state index contributed by atoms with van der Waals surface area (Å²) >= 11 is 1.23. The molecule has 0 radical (unpaired) electrons. The summed E-state index contributed by atoms with van der Waals surface area (Å²) in [5.41, 5.74) is 0.791. The number of aromatic nitrogens is 2. The Labute approximate surface area is 176 Å². The van der Waals surface area contributed by atoms with Gasteiger partial charge in [0.15, 0.2) is 16.6 Å². The molecule has 0 unspecified atom stereocenters. The Morgan fingerprint density at radius 1 is 1.13 bits per heavy atom. The molecule has 156 valence electrons. The standard InChI is InChI=1S/C20H20N4O5S/c1-28-15-7-5-12(10-16(15)29-2)22-17(25)8-6-13-11-30-20(23-13)24-19(27)14-4-3-9-21-18(14)26/h3-5,7,9-11H,6,8H2,1-2H3,(H,21,26)(H,22,25)(H,23,24,27). The molecule has 9 nitrogen and oxygen atoms in total. The number of rotatable bonds is 8. The number of nitrogens with zero attached hydrogens (tertiary/aromatic N) is 1. The molecule has 3 aromatic rings. The Bertz CT molecular complexity index is 1110. The van der Waals surface area contributed by atoms with Crippen LogP contribution in [-0.4, -0.2) is 36.0 Å². The molecule has 0 fully saturated rings. The quantitative estimate of drug-likeness (QED) is 0.507. The first-order valence-electron chi connectivity index (χ1n) is 8.95. The van der Waals surface area contributed by atoms with Crippen LogP contribution in [-0.2, 0) is 11.2 Å². The van der Waals surface area contributed by atoms with Crippen LogP contribution in [0.15, 0.2) is 46.7 Å². The molecule has 0 spiro atoms. The van der Waals surface area contributed by atoms with Gasteiger partial charge in [0.25, 0.3) is 11.5 Å². The number of aryl methyl sites for hydroxylation is 1. The average Bonchev–Trinajstić information content (AvgIpc) is 3.19. The second-order valence-corrected chi connectivity index (χ2v) is 6.99. The highest BCUT2D eigenvalue weighted by atomic mass is 32.1. The zero-order valence-corrected chi connectivity index (χ0v) is 17.2. The number of nitrogens with one attached hydrogen (secondary N) is 3. The topological polar surface area (TPSA) is 122 Å². The average molecular weight is 428 g/mol. The number of amides is 2. The maximum Gasteiger partial charge on any atom is 0.263 e. The van der Waals surface area contributed by atoms with Gasteiger partial charge in [-0.1, -0.05) is 0 Å². The highest BCUT2D eigenvalue weighted by molar-refractivity contribution is 7.14. The molecule has 0 aliphatic carbocycles. The van der Waals surface area contributed by atoms with Crippen molar-refractivity contribution in [2.75, 3.05) is 24.9 Å². The molecule has 0 aliphatic rings. The number of ether oxygens (including phenoxy) is 2. The lowest BCUT2D eigenvalue weighted by molar-refractivity contribution is -0.116. The molecule has 0 bridgehead atoms. The van der Waals surface area contributed by atoms with Crippen molar-refractivity contribution in [2.24, 2.45) is 0 Å². The number of hydrogen-bond acceptors (Lipinski definition) is 7. The van der Waals surface area contributed by atoms with E-state index in [9.17, 15) is 14.4 Å². The fraction of sp³-hybridized carbons (Fsp3) is 0.200. The fourth-order valence-corrected chi connectivity index (χ4v) is 3.36. The Kier molecular flexibility index (Phi) is 6.81. The van der Waals surface area contributed by atoms with Crippen molar-refractivity contribution in [2.45, 2.75) is 12.8 Å². The Morgan fingerprint density at radius 2 is 1.93 bits per heavy atom. The molecule has 3 N–H and O–H groups in total. The van der Waals surface area contributed by atoms with Crippen LogP contribution >= 0.6 is 11.3 Å². The Balaban J connectivity index is 1.54. The largest absolute Gasteiger partial charge is 0.493 e. The molecule has 10 heteroatoms. The molecule has 2 heterocycles. The maximum absolute atomic E-state index is 12.2. The number of thiazole rings is 1. The van der Waals surface area contributed by atoms with E-state index in [-0.39, 0.29) is 17.9 Å². The van der Waals surface area contributed by atoms with Gasteiger partial charge in [0.2, 0.25) is 5.91 Å². The summed E-state index contributed by atoms with van der Waals surface area (Å²) in [6.45, 7) is 0. The van der Waals surface area contributed by atoms with Crippen molar-refractivity contribution in [1.29, 1.82) is 0 Å². The van der Waals surface area contributed by atoms with Gasteiger partial charge < -0.3 is 19.8 Å². The van der Waals surface area contributed by atoms with Crippen molar-refractivity contribution in [3.05, 3.63) is 63.5 Å². The summed E-state index contributed by atoms with van der Waals surface area (Å²) in [7, 11) is 3.06. The van der Waals surface area contributed by atoms with Crippen LogP contribution in [0.4, 0.5) is 10.8 Å². The molecule has 3 rings (SSSR count). The van der Waals surface area contributed by atoms with Crippen molar-refractivity contribution < 1.29 is 19.1 Å². The van der Waals surface area contributed by atoms with Crippen molar-refractivity contribution >= 4 is 34.0 Å². The summed E-state index contributed by atoms with van der Waals surface area (Å²) in [5, 5.41) is 7.51. The first-order chi connectivity index (χ1) is 14.5. The molecule has 0 saturated heterocycles. The zero-order chi connectivity index (χ0) is 21.5. The summed E-state index contributed by atoms with van der Waals surface area (Å²) in [5.74, 6) is 0.373. The third-order valence-corrected chi connectivity index (χ3v) is 4.92. The van der Waals surface area contributed by atoms with Crippen molar-refractivity contribution in [1.82, 2.24) is 9.97 Å². The fourth-order valence-electron chi connectivity index (χ4n) is 2.62. The third-order valence-electron chi connectivity index (χ3n) is 4.11. The summed E-state index contributed by atoms with van der Waals surface area (Å²) in [6, 6.07) is 8.11. The number of benzene rings is 1. The summed E-state index contributed by atoms with van der Waals surface area (Å²) in [4.78, 5) is 42.8. The molecule has 0 saturated carbocycles. The minimum Gasteiger partial charge on any atom is -0.493 e. The number of hydrogen-bond donors (Lipinski definition) is 3. The van der Waals surface area contributed by atoms with E-state index in [2.05, 4.69) is 20.6 Å². The van der Waals surface area contributed by atoms with E-state index in [1.54, 1.807) is 36.8 Å². The minimum absolute atomic E-state index is 0.00328.